The van der Waals surface area contributed by atoms with Crippen LogP contribution in [0.5, 0.6) is 0 Å². The van der Waals surface area contributed by atoms with Crippen LogP contribution in [0.3, 0.4) is 0 Å². The van der Waals surface area contributed by atoms with E-state index in [9.17, 15) is 86.3 Å². The topological polar surface area (TPSA) is 671 Å². The molecule has 0 amide bonds. The lowest BCUT2D eigenvalue weighted by molar-refractivity contribution is -0.206. The lowest BCUT2D eigenvalue weighted by atomic mass is 9.41. The zero-order valence-electron chi connectivity index (χ0n) is 75.2. The molecular weight excluding hydrogens is 1850 g/mol. The normalized spacial score (nSPS) is 31.6. The number of carbonyl (C=O) groups is 18. The fourth-order valence-corrected chi connectivity index (χ4v) is 20.5. The third-order valence-electron chi connectivity index (χ3n) is 28.2. The molecule has 19 atom stereocenters. The van der Waals surface area contributed by atoms with E-state index >= 15 is 0 Å². The molecule has 36 nitrogen and oxygen atoms in total. The van der Waals surface area contributed by atoms with Crippen molar-refractivity contribution < 1.29 is 178 Å². The second-order valence-electron chi connectivity index (χ2n) is 37.0. The Morgan fingerprint density at radius 1 is 0.240 bits per heavy atom. The standard InChI is InChI=1S/C12H18O4.4C10H16O4.C9H14O4.3C8H12O4.8H2S/c13-11(14)9-3-1-7-5-10(12(15)16)4-2-8(7)6-9;1-9(2)5(7(11)12)10(3,4)6(9)8(13)14;1-9(2)6(7(11)12)4-5-10(9,3)8(13)14;1-5-3-8(10(13)14)6(2)4-7(5)9(11)12;1-2-6-3-7(9(11)12)5-8(4-6)10(13)14;1-5-4-6(8(10)11)2-3-7(5)9(12)13;9-7(10)5-1-2-6(4-3-5)8(11)12;9-7(10)5-2-1-3-6(4-5)8(11)12;9-7(10)5-3-1-2-4-6(5)8(11)12;;;;;;;;/h7-10H,1-6H2,(H,13,14)(H,15,16);5-6H,1-4H3,(H,11,12)(H,13,14);6H,4-5H2,1-3H3,(H,11,12)(H,13,14);5-8H,3-4H2,1-2H3,(H,11,12)(H,13,14);6-8H,2-5H2,1H3,(H,11,12)(H,13,14);5-7H,2-4H2,1H3,(H,10,11)(H,12,13);3*5-6H,1-4H2,(H,9,10)(H,11,12);8*1H2. The number of hydrogen-bond acceptors (Lipinski definition) is 18. The summed E-state index contributed by atoms with van der Waals surface area (Å²) in [7, 11) is 0. The van der Waals surface area contributed by atoms with Crippen LogP contribution in [0.1, 0.15) is 262 Å². The Balaban J connectivity index is -0.000000258. The summed E-state index contributed by atoms with van der Waals surface area (Å²) in [5.41, 5.74) is -2.94. The van der Waals surface area contributed by atoms with Gasteiger partial charge in [-0.1, -0.05) is 94.9 Å². The highest BCUT2D eigenvalue weighted by atomic mass is 32.1. The molecule has 752 valence electrons. The Hall–Kier alpha value is -6.74. The highest BCUT2D eigenvalue weighted by Crippen LogP contribution is 2.63. The first-order valence-corrected chi connectivity index (χ1v) is 41.9. The van der Waals surface area contributed by atoms with Crippen LogP contribution in [0.2, 0.25) is 0 Å². The summed E-state index contributed by atoms with van der Waals surface area (Å²) in [5.74, 6) is -21.4. The van der Waals surface area contributed by atoms with Crippen molar-refractivity contribution in [1.82, 2.24) is 0 Å². The summed E-state index contributed by atoms with van der Waals surface area (Å²) in [4.78, 5) is 194. The molecule has 129 heavy (non-hydrogen) atoms. The van der Waals surface area contributed by atoms with Gasteiger partial charge in [0.25, 0.3) is 0 Å². The third kappa shape index (κ3) is 39.8. The maximum Gasteiger partial charge on any atom is 0.309 e. The number of carboxylic acids is 18. The van der Waals surface area contributed by atoms with Crippen molar-refractivity contribution in [2.75, 3.05) is 0 Å². The van der Waals surface area contributed by atoms with Crippen molar-refractivity contribution >= 4 is 215 Å². The predicted molar refractivity (Wildman–Crippen MR) is 507 cm³/mol. The molecule has 0 aliphatic heterocycles. The molecule has 10 aliphatic carbocycles. The first-order valence-electron chi connectivity index (χ1n) is 41.9. The molecule has 0 aromatic carbocycles. The quantitative estimate of drug-likeness (QED) is 0.0571. The maximum absolute atomic E-state index is 11.1. The van der Waals surface area contributed by atoms with Crippen molar-refractivity contribution in [3.8, 4) is 0 Å². The van der Waals surface area contributed by atoms with Gasteiger partial charge in [0.05, 0.1) is 106 Å². The Labute approximate surface area is 808 Å². The Morgan fingerprint density at radius 3 is 0.744 bits per heavy atom. The molecule has 0 bridgehead atoms. The average Bonchev–Trinajstić information content (AvgIpc) is 1.27. The summed E-state index contributed by atoms with van der Waals surface area (Å²) >= 11 is 0. The number of aliphatic carboxylic acids is 18. The number of fused-ring (bicyclic) bond motifs is 1. The van der Waals surface area contributed by atoms with E-state index in [0.717, 1.165) is 57.8 Å². The van der Waals surface area contributed by atoms with Crippen molar-refractivity contribution in [1.29, 1.82) is 0 Å². The van der Waals surface area contributed by atoms with Crippen LogP contribution in [-0.4, -0.2) is 199 Å². The van der Waals surface area contributed by atoms with E-state index in [2.05, 4.69) is 0 Å². The van der Waals surface area contributed by atoms with Gasteiger partial charge in [-0.25, -0.2) is 0 Å². The van der Waals surface area contributed by atoms with Crippen LogP contribution in [0.4, 0.5) is 0 Å². The van der Waals surface area contributed by atoms with Gasteiger partial charge >= 0.3 is 107 Å². The van der Waals surface area contributed by atoms with Crippen LogP contribution in [0.15, 0.2) is 0 Å². The van der Waals surface area contributed by atoms with Crippen molar-refractivity contribution in [2.45, 2.75) is 262 Å². The van der Waals surface area contributed by atoms with E-state index in [0.29, 0.717) is 140 Å². The number of carboxylic acid groups (broad SMARTS) is 18. The van der Waals surface area contributed by atoms with Gasteiger partial charge in [0, 0.05) is 0 Å². The minimum Gasteiger partial charge on any atom is -0.481 e. The van der Waals surface area contributed by atoms with Crippen LogP contribution in [0.25, 0.3) is 0 Å². The van der Waals surface area contributed by atoms with Gasteiger partial charge < -0.3 is 91.9 Å². The Morgan fingerprint density at radius 2 is 0.504 bits per heavy atom. The first kappa shape index (κ1) is 135. The molecule has 10 saturated carbocycles. The van der Waals surface area contributed by atoms with Crippen LogP contribution >= 0.6 is 108 Å². The molecule has 44 heteroatoms. The van der Waals surface area contributed by atoms with E-state index in [4.69, 9.17) is 91.9 Å². The van der Waals surface area contributed by atoms with E-state index in [1.54, 1.807) is 48.5 Å². The molecule has 19 unspecified atom stereocenters. The van der Waals surface area contributed by atoms with Gasteiger partial charge in [0.2, 0.25) is 0 Å². The van der Waals surface area contributed by atoms with E-state index in [-0.39, 0.29) is 179 Å². The van der Waals surface area contributed by atoms with Gasteiger partial charge in [0.15, 0.2) is 0 Å². The van der Waals surface area contributed by atoms with Gasteiger partial charge in [0.1, 0.15) is 0 Å². The predicted octanol–water partition coefficient (Wildman–Crippen LogP) is 13.1. The number of hydrogen-bond donors (Lipinski definition) is 18. The van der Waals surface area contributed by atoms with Gasteiger partial charge in [-0.15, -0.1) is 0 Å². The first-order chi connectivity index (χ1) is 55.8. The summed E-state index contributed by atoms with van der Waals surface area (Å²) in [5, 5.41) is 159. The largest absolute Gasteiger partial charge is 0.481 e. The molecular formula is C85H148O36S8. The smallest absolute Gasteiger partial charge is 0.309 e. The molecule has 10 aliphatic rings. The molecule has 0 aromatic rings. The zero-order valence-corrected chi connectivity index (χ0v) is 83.2. The van der Waals surface area contributed by atoms with Crippen molar-refractivity contribution in [2.24, 2.45) is 158 Å². The second kappa shape index (κ2) is 61.2. The van der Waals surface area contributed by atoms with Crippen LogP contribution in [-0.2, 0) is 86.3 Å². The monoisotopic (exact) mass is 2000 g/mol. The average molecular weight is 2000 g/mol. The Kier molecular flexibility index (Phi) is 64.2. The fourth-order valence-electron chi connectivity index (χ4n) is 20.5. The summed E-state index contributed by atoms with van der Waals surface area (Å²) in [6.45, 7) is 19.3. The highest BCUT2D eigenvalue weighted by molar-refractivity contribution is 7.60. The fraction of sp³-hybridized carbons (Fsp3) is 0.788. The second-order valence-corrected chi connectivity index (χ2v) is 37.0. The van der Waals surface area contributed by atoms with Gasteiger partial charge in [-0.2, -0.15) is 108 Å². The summed E-state index contributed by atoms with van der Waals surface area (Å²) in [6.07, 6.45) is 17.5. The van der Waals surface area contributed by atoms with E-state index in [1.807, 2.05) is 27.7 Å². The summed E-state index contributed by atoms with van der Waals surface area (Å²) < 4.78 is 0. The van der Waals surface area contributed by atoms with E-state index < -0.39 is 182 Å². The lowest BCUT2D eigenvalue weighted by Gasteiger charge is -2.60. The molecule has 10 rings (SSSR count). The van der Waals surface area contributed by atoms with E-state index in [1.165, 1.54) is 0 Å². The van der Waals surface area contributed by atoms with Crippen molar-refractivity contribution in [3.63, 3.8) is 0 Å². The Bertz CT molecular complexity index is 3480. The molecule has 10 fully saturated rings. The molecule has 0 saturated heterocycles. The number of rotatable bonds is 19. The van der Waals surface area contributed by atoms with Gasteiger partial charge in [-0.3, -0.25) is 86.3 Å². The highest BCUT2D eigenvalue weighted by Gasteiger charge is 2.68. The van der Waals surface area contributed by atoms with Gasteiger partial charge in [-0.05, 0) is 219 Å². The zero-order chi connectivity index (χ0) is 93.2. The molecule has 0 aromatic heterocycles. The van der Waals surface area contributed by atoms with Crippen molar-refractivity contribution in [3.05, 3.63) is 0 Å². The molecule has 0 heterocycles. The lowest BCUT2D eigenvalue weighted by Crippen LogP contribution is -2.64. The van der Waals surface area contributed by atoms with Crippen LogP contribution < -0.4 is 0 Å². The third-order valence-corrected chi connectivity index (χ3v) is 28.2. The SMILES string of the molecule is CC1(C(=O)O)CCC(C(=O)O)C1(C)C.CC1(C)C(C(=O)O)C(C)(C)C1C(=O)O.CC1CC(C(=O)O)C(C)CC1C(=O)O.CC1CC(C(=O)O)CCC1C(=O)O.CCC1CC(C(=O)O)CC(C(=O)O)C1.O=C(O)C1CCC(C(=O)O)CC1.O=C(O)C1CCC2CC(C(=O)O)CCC2C1.O=C(O)C1CCCC(C(=O)O)C1.O=C(O)C1CCCCC1C(=O)O.S.S.S.S.S.S.S.S. The maximum atomic E-state index is 11.1. The molecule has 0 spiro atoms. The van der Waals surface area contributed by atoms with Crippen LogP contribution in [0, 0.1) is 158 Å². The minimum atomic E-state index is -0.970. The summed E-state index contributed by atoms with van der Waals surface area (Å²) in [6, 6.07) is 0. The minimum absolute atomic E-state index is 0. The molecule has 18 N–H and O–H groups in total. The molecule has 0 radical (unpaired) electrons.